The molecule has 1 saturated carbocycles. The molecule has 8 rings (SSSR count). The lowest BCUT2D eigenvalue weighted by atomic mass is 9.59. The van der Waals surface area contributed by atoms with E-state index in [-0.39, 0.29) is 16.5 Å². The summed E-state index contributed by atoms with van der Waals surface area (Å²) in [6, 6.07) is 39.1. The SMILES string of the molecule is O=C1[C@H]2[C@H](C(=O)N1c1cc(C(F)(F)F)ccc1Cl)[C@]1(c3ccccc3)C(=O)[C@]2(c2ccccc2)C(c2ccccc2)=C1c1ccccc1. The van der Waals surface area contributed by atoms with Crippen LogP contribution in [0.15, 0.2) is 140 Å². The van der Waals surface area contributed by atoms with E-state index in [4.69, 9.17) is 11.6 Å². The maximum Gasteiger partial charge on any atom is 0.416 e. The van der Waals surface area contributed by atoms with Crippen molar-refractivity contribution in [2.24, 2.45) is 11.8 Å². The van der Waals surface area contributed by atoms with Gasteiger partial charge in [0.05, 0.1) is 38.9 Å². The van der Waals surface area contributed by atoms with Crippen LogP contribution in [0.2, 0.25) is 5.02 Å². The summed E-state index contributed by atoms with van der Waals surface area (Å²) >= 11 is 6.49. The lowest BCUT2D eigenvalue weighted by Crippen LogP contribution is -2.45. The van der Waals surface area contributed by atoms with Gasteiger partial charge in [0.1, 0.15) is 0 Å². The number of halogens is 4. The van der Waals surface area contributed by atoms with Gasteiger partial charge in [0.15, 0.2) is 5.78 Å². The summed E-state index contributed by atoms with van der Waals surface area (Å²) in [5, 5.41) is -0.189. The summed E-state index contributed by atoms with van der Waals surface area (Å²) in [4.78, 5) is 46.6. The Bertz CT molecular complexity index is 2030. The molecule has 1 saturated heterocycles. The minimum Gasteiger partial charge on any atom is -0.297 e. The Morgan fingerprint density at radius 1 is 0.562 bits per heavy atom. The first-order valence-electron chi connectivity index (χ1n) is 15.4. The highest BCUT2D eigenvalue weighted by Gasteiger charge is 2.82. The predicted molar refractivity (Wildman–Crippen MR) is 177 cm³/mol. The normalized spacial score (nSPS) is 24.8. The molecule has 2 bridgehead atoms. The fourth-order valence-electron chi connectivity index (χ4n) is 8.43. The van der Waals surface area contributed by atoms with E-state index in [1.165, 1.54) is 0 Å². The molecule has 2 fully saturated rings. The smallest absolute Gasteiger partial charge is 0.297 e. The Morgan fingerprint density at radius 3 is 1.35 bits per heavy atom. The average molecular weight is 660 g/mol. The van der Waals surface area contributed by atoms with Gasteiger partial charge in [-0.2, -0.15) is 13.2 Å². The van der Waals surface area contributed by atoms with Crippen molar-refractivity contribution in [3.63, 3.8) is 0 Å². The van der Waals surface area contributed by atoms with Crippen molar-refractivity contribution in [2.75, 3.05) is 4.90 Å². The number of rotatable bonds is 5. The van der Waals surface area contributed by atoms with Gasteiger partial charge in [-0.1, -0.05) is 133 Å². The Kier molecular flexibility index (Phi) is 6.66. The topological polar surface area (TPSA) is 54.5 Å². The Morgan fingerprint density at radius 2 is 0.958 bits per heavy atom. The molecule has 1 aliphatic heterocycles. The number of hydrogen-bond acceptors (Lipinski definition) is 3. The summed E-state index contributed by atoms with van der Waals surface area (Å²) in [5.41, 5.74) is -1.16. The van der Waals surface area contributed by atoms with E-state index in [1.807, 2.05) is 60.7 Å². The maximum atomic E-state index is 15.8. The standard InChI is InChI=1S/C40H25ClF3NO3/c41-29-22-21-28(40(42,43)44)23-30(29)45-35(46)33-34(36(45)47)39(27-19-11-4-12-20-27)32(25-15-7-2-8-16-25)31(24-13-5-1-6-14-24)38(33,37(39)48)26-17-9-3-10-18-26/h1-23,33-34H/t33-,34-,38-,39-/m1/s1. The number of fused-ring (bicyclic) bond motifs is 5. The molecule has 0 N–H and O–H groups in total. The molecule has 8 heteroatoms. The molecule has 1 heterocycles. The molecule has 0 unspecified atom stereocenters. The van der Waals surface area contributed by atoms with Crippen molar-refractivity contribution in [3.05, 3.63) is 172 Å². The monoisotopic (exact) mass is 659 g/mol. The quantitative estimate of drug-likeness (QED) is 0.178. The van der Waals surface area contributed by atoms with E-state index in [0.717, 1.165) is 23.1 Å². The summed E-state index contributed by atoms with van der Waals surface area (Å²) < 4.78 is 41.9. The Hall–Kier alpha value is -5.27. The molecule has 5 aromatic rings. The Balaban J connectivity index is 1.53. The summed E-state index contributed by atoms with van der Waals surface area (Å²) in [6.07, 6.45) is -4.75. The molecule has 3 aliphatic rings. The van der Waals surface area contributed by atoms with Crippen LogP contribution in [0.5, 0.6) is 0 Å². The number of allylic oxidation sites excluding steroid dienone is 2. The number of imide groups is 1. The first kappa shape index (κ1) is 30.1. The van der Waals surface area contributed by atoms with Crippen molar-refractivity contribution >= 4 is 46.0 Å². The first-order chi connectivity index (χ1) is 23.1. The van der Waals surface area contributed by atoms with Gasteiger partial charge in [0, 0.05) is 0 Å². The molecular formula is C40H25ClF3NO3. The number of alkyl halides is 3. The second kappa shape index (κ2) is 10.6. The van der Waals surface area contributed by atoms with Crippen molar-refractivity contribution < 1.29 is 27.6 Å². The number of ketones is 1. The molecule has 4 nitrogen and oxygen atoms in total. The number of amides is 2. The highest BCUT2D eigenvalue weighted by molar-refractivity contribution is 6.41. The third-order valence-corrected chi connectivity index (χ3v) is 10.4. The van der Waals surface area contributed by atoms with E-state index in [0.29, 0.717) is 33.4 Å². The predicted octanol–water partition coefficient (Wildman–Crippen LogP) is 8.55. The third kappa shape index (κ3) is 3.82. The number of carbonyl (C=O) groups is 3. The average Bonchev–Trinajstić information content (AvgIpc) is 3.61. The molecular weight excluding hydrogens is 635 g/mol. The van der Waals surface area contributed by atoms with Crippen LogP contribution in [0.25, 0.3) is 11.1 Å². The number of Topliss-reactive ketones (excluding diaryl/α,β-unsaturated/α-hetero) is 1. The van der Waals surface area contributed by atoms with Crippen molar-refractivity contribution in [1.29, 1.82) is 0 Å². The molecule has 0 aromatic heterocycles. The number of carbonyl (C=O) groups excluding carboxylic acids is 3. The van der Waals surface area contributed by atoms with Crippen molar-refractivity contribution in [3.8, 4) is 0 Å². The van der Waals surface area contributed by atoms with Crippen LogP contribution >= 0.6 is 11.6 Å². The highest BCUT2D eigenvalue weighted by atomic mass is 35.5. The van der Waals surface area contributed by atoms with Gasteiger partial charge in [-0.25, -0.2) is 4.90 Å². The fourth-order valence-corrected chi connectivity index (χ4v) is 8.63. The van der Waals surface area contributed by atoms with E-state index in [9.17, 15) is 13.2 Å². The zero-order chi connectivity index (χ0) is 33.4. The van der Waals surface area contributed by atoms with Crippen LogP contribution in [0, 0.1) is 11.8 Å². The van der Waals surface area contributed by atoms with Crippen molar-refractivity contribution in [1.82, 2.24) is 0 Å². The minimum atomic E-state index is -4.75. The van der Waals surface area contributed by atoms with Gasteiger partial charge < -0.3 is 0 Å². The molecule has 0 radical (unpaired) electrons. The fraction of sp³-hybridized carbons (Fsp3) is 0.125. The second-order valence-corrected chi connectivity index (χ2v) is 12.7. The summed E-state index contributed by atoms with van der Waals surface area (Å²) in [5.74, 6) is -4.44. The van der Waals surface area contributed by atoms with Crippen LogP contribution in [0.4, 0.5) is 18.9 Å². The number of benzene rings is 5. The Labute approximate surface area is 279 Å². The zero-order valence-electron chi connectivity index (χ0n) is 25.1. The zero-order valence-corrected chi connectivity index (χ0v) is 25.9. The van der Waals surface area contributed by atoms with Gasteiger partial charge in [-0.3, -0.25) is 14.4 Å². The van der Waals surface area contributed by atoms with Gasteiger partial charge in [0.25, 0.3) is 0 Å². The number of nitrogens with zero attached hydrogens (tertiary/aromatic N) is 1. The maximum absolute atomic E-state index is 15.8. The van der Waals surface area contributed by atoms with Crippen molar-refractivity contribution in [2.45, 2.75) is 17.0 Å². The molecule has 2 aliphatic carbocycles. The van der Waals surface area contributed by atoms with Gasteiger partial charge in [0.2, 0.25) is 11.8 Å². The largest absolute Gasteiger partial charge is 0.416 e. The first-order valence-corrected chi connectivity index (χ1v) is 15.8. The summed E-state index contributed by atoms with van der Waals surface area (Å²) in [6.45, 7) is 0. The molecule has 236 valence electrons. The van der Waals surface area contributed by atoms with Gasteiger partial charge in [-0.05, 0) is 51.6 Å². The van der Waals surface area contributed by atoms with Crippen LogP contribution in [0.1, 0.15) is 27.8 Å². The summed E-state index contributed by atoms with van der Waals surface area (Å²) in [7, 11) is 0. The van der Waals surface area contributed by atoms with Gasteiger partial charge in [-0.15, -0.1) is 0 Å². The molecule has 0 spiro atoms. The van der Waals surface area contributed by atoms with E-state index in [2.05, 4.69) is 0 Å². The number of anilines is 1. The second-order valence-electron chi connectivity index (χ2n) is 12.3. The van der Waals surface area contributed by atoms with Gasteiger partial charge >= 0.3 is 6.18 Å². The van der Waals surface area contributed by atoms with Crippen LogP contribution < -0.4 is 4.90 Å². The van der Waals surface area contributed by atoms with E-state index < -0.39 is 46.2 Å². The third-order valence-electron chi connectivity index (χ3n) is 10.1. The van der Waals surface area contributed by atoms with Crippen LogP contribution in [-0.2, 0) is 31.4 Å². The van der Waals surface area contributed by atoms with E-state index >= 15 is 14.4 Å². The van der Waals surface area contributed by atoms with Crippen LogP contribution in [-0.4, -0.2) is 17.6 Å². The molecule has 48 heavy (non-hydrogen) atoms. The van der Waals surface area contributed by atoms with E-state index in [1.54, 1.807) is 60.7 Å². The van der Waals surface area contributed by atoms with Crippen LogP contribution in [0.3, 0.4) is 0 Å². The lowest BCUT2D eigenvalue weighted by molar-refractivity contribution is -0.137. The number of hydrogen-bond donors (Lipinski definition) is 0. The minimum absolute atomic E-state index is 0.189. The highest BCUT2D eigenvalue weighted by Crippen LogP contribution is 2.74. The lowest BCUT2D eigenvalue weighted by Gasteiger charge is -2.39. The molecule has 4 atom stereocenters. The molecule has 5 aromatic carbocycles. The molecule has 2 amide bonds.